The molecule has 1 saturated carbocycles. The number of urea groups is 1. The first-order valence-electron chi connectivity index (χ1n) is 15.3. The van der Waals surface area contributed by atoms with Crippen LogP contribution in [0.3, 0.4) is 0 Å². The number of nitrogens with zero attached hydrogens (tertiary/aromatic N) is 3. The van der Waals surface area contributed by atoms with Gasteiger partial charge in [0.1, 0.15) is 17.1 Å². The first-order valence-corrected chi connectivity index (χ1v) is 15.3. The summed E-state index contributed by atoms with van der Waals surface area (Å²) in [5.74, 6) is 1.58. The van der Waals surface area contributed by atoms with Crippen molar-refractivity contribution >= 4 is 28.6 Å². The van der Waals surface area contributed by atoms with Gasteiger partial charge in [0.25, 0.3) is 0 Å². The lowest BCUT2D eigenvalue weighted by molar-refractivity contribution is 0.0208. The Morgan fingerprint density at radius 1 is 1.02 bits per heavy atom. The molecule has 2 saturated heterocycles. The minimum Gasteiger partial charge on any atom is -0.455 e. The highest BCUT2D eigenvalue weighted by atomic mass is 16.6. The highest BCUT2D eigenvalue weighted by molar-refractivity contribution is 6.04. The number of nitrogens with one attached hydrogen (secondary N) is 2. The van der Waals surface area contributed by atoms with E-state index in [0.717, 1.165) is 68.6 Å². The van der Waals surface area contributed by atoms with Crippen LogP contribution in [0.15, 0.2) is 54.7 Å². The maximum Gasteiger partial charge on any atom is 0.410 e. The number of benzene rings is 2. The zero-order valence-corrected chi connectivity index (χ0v) is 25.2. The molecular formula is C33H41N5O5. The molecule has 1 aliphatic carbocycles. The van der Waals surface area contributed by atoms with Gasteiger partial charge in [-0.2, -0.15) is 0 Å². The summed E-state index contributed by atoms with van der Waals surface area (Å²) < 4.78 is 17.3. The van der Waals surface area contributed by atoms with Gasteiger partial charge < -0.3 is 29.7 Å². The fourth-order valence-corrected chi connectivity index (χ4v) is 6.07. The van der Waals surface area contributed by atoms with Crippen molar-refractivity contribution in [3.63, 3.8) is 0 Å². The van der Waals surface area contributed by atoms with Crippen molar-refractivity contribution in [1.82, 2.24) is 20.1 Å². The van der Waals surface area contributed by atoms with Gasteiger partial charge in [-0.05, 0) is 64.3 Å². The van der Waals surface area contributed by atoms with Crippen molar-refractivity contribution in [2.45, 2.75) is 64.3 Å². The first-order chi connectivity index (χ1) is 20.7. The Morgan fingerprint density at radius 3 is 2.56 bits per heavy atom. The van der Waals surface area contributed by atoms with Crippen LogP contribution in [-0.4, -0.2) is 77.4 Å². The average molecular weight is 588 g/mol. The van der Waals surface area contributed by atoms with Crippen LogP contribution in [0.1, 0.15) is 45.7 Å². The summed E-state index contributed by atoms with van der Waals surface area (Å²) in [5.41, 5.74) is 1.17. The van der Waals surface area contributed by atoms with Crippen molar-refractivity contribution in [3.05, 3.63) is 60.4 Å². The summed E-state index contributed by atoms with van der Waals surface area (Å²) >= 11 is 0. The van der Waals surface area contributed by atoms with Crippen LogP contribution in [0.4, 0.5) is 15.3 Å². The molecule has 3 aliphatic rings. The number of hydrogen-bond acceptors (Lipinski definition) is 7. The number of pyridine rings is 1. The molecule has 0 spiro atoms. The van der Waals surface area contributed by atoms with E-state index in [4.69, 9.17) is 14.2 Å². The third kappa shape index (κ3) is 7.19. The van der Waals surface area contributed by atoms with E-state index in [0.29, 0.717) is 23.7 Å². The van der Waals surface area contributed by atoms with Crippen LogP contribution < -0.4 is 15.4 Å². The van der Waals surface area contributed by atoms with Crippen LogP contribution in [0.25, 0.3) is 10.8 Å². The smallest absolute Gasteiger partial charge is 0.410 e. The third-order valence-electron chi connectivity index (χ3n) is 8.22. The summed E-state index contributed by atoms with van der Waals surface area (Å²) in [5, 5.41) is 7.92. The summed E-state index contributed by atoms with van der Waals surface area (Å²) in [6.45, 7) is 10.5. The van der Waals surface area contributed by atoms with E-state index in [-0.39, 0.29) is 30.1 Å². The number of carbonyl (C=O) groups is 2. The standard InChI is InChI=1S/C33H41N5O5/c1-33(2,3)43-32(40)38-14-6-9-29(38)26-19-28(26)36-31(39)35-27-12-13-30(25-8-5-4-7-24(25)27)42-23-11-10-22(34-20-23)21-37-15-17-41-18-16-37/h4-5,7-8,10-13,20,26,28-29H,6,9,14-19,21H2,1-3H3,(H2,35,36,39). The van der Waals surface area contributed by atoms with E-state index >= 15 is 0 Å². The normalized spacial score (nSPS) is 22.3. The largest absolute Gasteiger partial charge is 0.455 e. The minimum absolute atomic E-state index is 0.0284. The van der Waals surface area contributed by atoms with E-state index in [9.17, 15) is 9.59 Å². The van der Waals surface area contributed by atoms with E-state index in [1.54, 1.807) is 6.20 Å². The first kappa shape index (κ1) is 29.2. The van der Waals surface area contributed by atoms with Crippen LogP contribution in [0, 0.1) is 5.92 Å². The molecule has 228 valence electrons. The number of anilines is 1. The molecule has 2 aromatic carbocycles. The molecule has 1 aromatic heterocycles. The molecule has 3 amide bonds. The predicted octanol–water partition coefficient (Wildman–Crippen LogP) is 5.77. The number of hydrogen-bond donors (Lipinski definition) is 2. The maximum absolute atomic E-state index is 13.0. The topological polar surface area (TPSA) is 105 Å². The molecule has 3 unspecified atom stereocenters. The molecule has 2 aliphatic heterocycles. The highest BCUT2D eigenvalue weighted by Gasteiger charge is 2.49. The quantitative estimate of drug-likeness (QED) is 0.362. The summed E-state index contributed by atoms with van der Waals surface area (Å²) in [6.07, 6.45) is 4.23. The molecule has 3 atom stereocenters. The van der Waals surface area contributed by atoms with Gasteiger partial charge in [0.2, 0.25) is 0 Å². The zero-order chi connectivity index (χ0) is 30.0. The monoisotopic (exact) mass is 587 g/mol. The van der Waals surface area contributed by atoms with Gasteiger partial charge in [-0.1, -0.05) is 24.3 Å². The summed E-state index contributed by atoms with van der Waals surface area (Å²) in [7, 11) is 0. The Balaban J connectivity index is 1.06. The van der Waals surface area contributed by atoms with E-state index < -0.39 is 5.60 Å². The Bertz CT molecular complexity index is 1450. The molecule has 43 heavy (non-hydrogen) atoms. The number of rotatable bonds is 7. The van der Waals surface area contributed by atoms with Crippen molar-refractivity contribution < 1.29 is 23.8 Å². The van der Waals surface area contributed by atoms with Gasteiger partial charge in [-0.3, -0.25) is 9.88 Å². The number of carbonyl (C=O) groups excluding carboxylic acids is 2. The lowest BCUT2D eigenvalue weighted by Crippen LogP contribution is -2.42. The lowest BCUT2D eigenvalue weighted by Gasteiger charge is -2.29. The van der Waals surface area contributed by atoms with Crippen LogP contribution >= 0.6 is 0 Å². The third-order valence-corrected chi connectivity index (χ3v) is 8.22. The van der Waals surface area contributed by atoms with Crippen LogP contribution in [-0.2, 0) is 16.0 Å². The second-order valence-electron chi connectivity index (χ2n) is 12.6. The zero-order valence-electron chi connectivity index (χ0n) is 25.2. The molecule has 0 radical (unpaired) electrons. The second kappa shape index (κ2) is 12.4. The average Bonchev–Trinajstić information content (AvgIpc) is 3.55. The Kier molecular flexibility index (Phi) is 8.41. The van der Waals surface area contributed by atoms with E-state index in [2.05, 4.69) is 20.5 Å². The van der Waals surface area contributed by atoms with Crippen LogP contribution in [0.2, 0.25) is 0 Å². The van der Waals surface area contributed by atoms with E-state index in [1.165, 1.54) is 0 Å². The van der Waals surface area contributed by atoms with Gasteiger partial charge in [-0.15, -0.1) is 0 Å². The molecule has 10 nitrogen and oxygen atoms in total. The molecule has 2 N–H and O–H groups in total. The summed E-state index contributed by atoms with van der Waals surface area (Å²) in [4.78, 5) is 34.5. The molecule has 10 heteroatoms. The Morgan fingerprint density at radius 2 is 1.81 bits per heavy atom. The fourth-order valence-electron chi connectivity index (χ4n) is 6.07. The van der Waals surface area contributed by atoms with Gasteiger partial charge in [0.15, 0.2) is 0 Å². The number of likely N-dealkylation sites (tertiary alicyclic amines) is 1. The summed E-state index contributed by atoms with van der Waals surface area (Å²) in [6, 6.07) is 15.4. The fraction of sp³-hybridized carbons (Fsp3) is 0.485. The van der Waals surface area contributed by atoms with Gasteiger partial charge in [0, 0.05) is 55.0 Å². The predicted molar refractivity (Wildman–Crippen MR) is 164 cm³/mol. The SMILES string of the molecule is CC(C)(C)OC(=O)N1CCCC1C1CC1NC(=O)Nc1ccc(Oc2ccc(CN3CCOCC3)nc2)c2ccccc12. The molecule has 0 bridgehead atoms. The molecule has 3 heterocycles. The molecule has 6 rings (SSSR count). The van der Waals surface area contributed by atoms with Gasteiger partial charge >= 0.3 is 12.1 Å². The number of amides is 3. The van der Waals surface area contributed by atoms with Gasteiger partial charge in [-0.25, -0.2) is 9.59 Å². The Hall–Kier alpha value is -3.89. The van der Waals surface area contributed by atoms with Crippen molar-refractivity contribution in [2.24, 2.45) is 5.92 Å². The maximum atomic E-state index is 13.0. The molecular weight excluding hydrogens is 546 g/mol. The van der Waals surface area contributed by atoms with Crippen molar-refractivity contribution in [2.75, 3.05) is 38.2 Å². The van der Waals surface area contributed by atoms with E-state index in [1.807, 2.05) is 74.2 Å². The number of ether oxygens (including phenoxy) is 3. The van der Waals surface area contributed by atoms with Gasteiger partial charge in [0.05, 0.1) is 30.8 Å². The van der Waals surface area contributed by atoms with Crippen LogP contribution in [0.5, 0.6) is 11.5 Å². The molecule has 3 aromatic rings. The number of aromatic nitrogens is 1. The second-order valence-corrected chi connectivity index (χ2v) is 12.6. The molecule has 3 fully saturated rings. The highest BCUT2D eigenvalue weighted by Crippen LogP contribution is 2.41. The lowest BCUT2D eigenvalue weighted by atomic mass is 10.1. The minimum atomic E-state index is -0.528. The number of fused-ring (bicyclic) bond motifs is 1. The van der Waals surface area contributed by atoms with Crippen molar-refractivity contribution in [3.8, 4) is 11.5 Å². The van der Waals surface area contributed by atoms with Crippen molar-refractivity contribution in [1.29, 1.82) is 0 Å². The number of morpholine rings is 1. The Labute approximate surface area is 252 Å².